The minimum absolute atomic E-state index is 0. The number of hydrogen-bond acceptors (Lipinski definition) is 10. The summed E-state index contributed by atoms with van der Waals surface area (Å²) < 4.78 is 11.0. The van der Waals surface area contributed by atoms with E-state index in [1.807, 2.05) is 0 Å². The van der Waals surface area contributed by atoms with Crippen molar-refractivity contribution in [1.82, 2.24) is 0 Å². The van der Waals surface area contributed by atoms with Crippen molar-refractivity contribution in [3.63, 3.8) is 0 Å². The van der Waals surface area contributed by atoms with Crippen molar-refractivity contribution in [2.45, 2.75) is 74.4 Å². The first-order valence-corrected chi connectivity index (χ1v) is 8.08. The largest absolute Gasteiger partial charge is 1.00 e. The number of aliphatic carboxylic acids is 1. The number of aliphatic imine (C=N–C) groups is 1. The van der Waals surface area contributed by atoms with Crippen molar-refractivity contribution >= 4 is 11.8 Å². The van der Waals surface area contributed by atoms with Crippen LogP contribution >= 0.6 is 0 Å². The average Bonchev–Trinajstić information content (AvgIpc) is 2.58. The molecule has 2 rings (SSSR count). The van der Waals surface area contributed by atoms with Gasteiger partial charge in [0, 0.05) is 0 Å². The summed E-state index contributed by atoms with van der Waals surface area (Å²) in [6.45, 7) is 1.59. The molecule has 1 saturated heterocycles. The van der Waals surface area contributed by atoms with Crippen LogP contribution < -0.4 is 23.9 Å². The van der Waals surface area contributed by atoms with Gasteiger partial charge in [0.25, 0.3) is 0 Å². The number of carboxylic acids is 1. The molecule has 12 nitrogen and oxygen atoms in total. The minimum atomic E-state index is -1.74. The third-order valence-electron chi connectivity index (χ3n) is 4.64. The van der Waals surface area contributed by atoms with Gasteiger partial charge in [-0.2, -0.15) is 0 Å². The Labute approximate surface area is 160 Å². The van der Waals surface area contributed by atoms with E-state index in [0.29, 0.717) is 0 Å². The molecule has 0 bridgehead atoms. The van der Waals surface area contributed by atoms with Crippen LogP contribution in [0.1, 0.15) is 13.3 Å². The Hall–Kier alpha value is -1.09. The molecule has 1 aliphatic heterocycles. The van der Waals surface area contributed by atoms with Crippen LogP contribution in [0.2, 0.25) is 0 Å². The van der Waals surface area contributed by atoms with E-state index in [9.17, 15) is 30.3 Å². The average molecular weight is 415 g/mol. The summed E-state index contributed by atoms with van der Waals surface area (Å²) in [5.41, 5.74) is 11.2. The number of aliphatic hydroxyl groups excluding tert-OH is 5. The van der Waals surface area contributed by atoms with Gasteiger partial charge >= 0.3 is 5.97 Å². The van der Waals surface area contributed by atoms with Crippen LogP contribution in [0.4, 0.5) is 0 Å². The Morgan fingerprint density at radius 2 is 1.56 bits per heavy atom. The van der Waals surface area contributed by atoms with Crippen LogP contribution in [-0.2, 0) is 14.3 Å². The highest BCUT2D eigenvalue weighted by Crippen LogP contribution is 2.29. The van der Waals surface area contributed by atoms with Crippen LogP contribution in [0.15, 0.2) is 4.99 Å². The first-order valence-electron chi connectivity index (χ1n) is 8.08. The molecule has 0 amide bonds. The van der Waals surface area contributed by atoms with Gasteiger partial charge in [0.2, 0.25) is 5.84 Å². The number of halogens is 1. The molecule has 0 aromatic rings. The number of hydrogen-bond donors (Lipinski definition) is 8. The lowest BCUT2D eigenvalue weighted by molar-refractivity contribution is -0.293. The molecular weight excluding hydrogens is 390 g/mol. The summed E-state index contributed by atoms with van der Waals surface area (Å²) in [5.74, 6) is -1.96. The molecule has 2 fully saturated rings. The molecule has 158 valence electrons. The summed E-state index contributed by atoms with van der Waals surface area (Å²) in [6.07, 6.45) is -11.7. The SMILES string of the molecule is C[C@H]1O[C@H](OC2[C@@H](O)[C@@H](O)C(O)[C@H](O)[C@H]2O)[C@@H](N)C[C@@H]1N=C(N)C(=O)O.[Cl-]. The monoisotopic (exact) mass is 414 g/mol. The molecule has 0 aromatic carbocycles. The maximum absolute atomic E-state index is 10.8. The van der Waals surface area contributed by atoms with E-state index in [1.165, 1.54) is 0 Å². The van der Waals surface area contributed by atoms with Crippen molar-refractivity contribution in [2.75, 3.05) is 0 Å². The Balaban J connectivity index is 0.00000364. The molecule has 1 aliphatic carbocycles. The van der Waals surface area contributed by atoms with E-state index in [0.717, 1.165) is 0 Å². The normalized spacial score (nSPS) is 45.8. The molecule has 0 radical (unpaired) electrons. The number of carbonyl (C=O) groups is 1. The second-order valence-electron chi connectivity index (χ2n) is 6.55. The van der Waals surface area contributed by atoms with Gasteiger partial charge < -0.3 is 64.0 Å². The Morgan fingerprint density at radius 1 is 1.07 bits per heavy atom. The smallest absolute Gasteiger partial charge is 0.370 e. The van der Waals surface area contributed by atoms with Gasteiger partial charge in [0.05, 0.1) is 18.2 Å². The zero-order chi connectivity index (χ0) is 19.8. The third kappa shape index (κ3) is 5.04. The fourth-order valence-corrected chi connectivity index (χ4v) is 3.02. The standard InChI is InChI=1S/C14H25N3O9.ClH/c1-3-5(17-12(16)13(23)24)2-4(15)14(25-3)26-11-9(21)7(19)6(18)8(20)10(11)22;/h3-11,14,18-22H,2,15H2,1H3,(H2,16,17)(H,23,24);1H/p-1/t3-,4+,5+,6?,7+,8+,9-,10+,11?,14-;/m1./s1. The van der Waals surface area contributed by atoms with Crippen molar-refractivity contribution in [3.8, 4) is 0 Å². The van der Waals surface area contributed by atoms with Crippen molar-refractivity contribution < 1.29 is 57.3 Å². The van der Waals surface area contributed by atoms with Gasteiger partial charge in [0.1, 0.15) is 36.6 Å². The zero-order valence-corrected chi connectivity index (χ0v) is 15.1. The lowest BCUT2D eigenvalue weighted by Crippen LogP contribution is -3.00. The van der Waals surface area contributed by atoms with Crippen molar-refractivity contribution in [3.05, 3.63) is 0 Å². The summed E-state index contributed by atoms with van der Waals surface area (Å²) in [6, 6.07) is -1.46. The fourth-order valence-electron chi connectivity index (χ4n) is 3.02. The van der Waals surface area contributed by atoms with E-state index >= 15 is 0 Å². The maximum Gasteiger partial charge on any atom is 0.370 e. The molecule has 1 heterocycles. The maximum atomic E-state index is 10.8. The molecule has 10 N–H and O–H groups in total. The van der Waals surface area contributed by atoms with Crippen LogP contribution in [0.3, 0.4) is 0 Å². The number of carboxylic acid groups (broad SMARTS) is 1. The van der Waals surface area contributed by atoms with E-state index in [1.54, 1.807) is 6.92 Å². The molecule has 2 aliphatic rings. The number of aliphatic hydroxyl groups is 5. The lowest BCUT2D eigenvalue weighted by atomic mass is 9.84. The Morgan fingerprint density at radius 3 is 2.04 bits per heavy atom. The van der Waals surface area contributed by atoms with Gasteiger partial charge in [-0.15, -0.1) is 0 Å². The van der Waals surface area contributed by atoms with Gasteiger partial charge in [-0.25, -0.2) is 4.79 Å². The molecular formula is C14H25ClN3O9-. The first-order chi connectivity index (χ1) is 12.0. The molecule has 0 aromatic heterocycles. The van der Waals surface area contributed by atoms with E-state index < -0.39 is 72.9 Å². The zero-order valence-electron chi connectivity index (χ0n) is 14.4. The second-order valence-corrected chi connectivity index (χ2v) is 6.55. The number of nitrogens with zero attached hydrogens (tertiary/aromatic N) is 1. The fraction of sp³-hybridized carbons (Fsp3) is 0.857. The minimum Gasteiger partial charge on any atom is -1.00 e. The van der Waals surface area contributed by atoms with Crippen LogP contribution in [0, 0.1) is 0 Å². The van der Waals surface area contributed by atoms with Crippen molar-refractivity contribution in [2.24, 2.45) is 16.5 Å². The van der Waals surface area contributed by atoms with E-state index in [2.05, 4.69) is 4.99 Å². The van der Waals surface area contributed by atoms with Gasteiger partial charge in [-0.3, -0.25) is 4.99 Å². The summed E-state index contributed by atoms with van der Waals surface area (Å²) in [7, 11) is 0. The molecule has 0 spiro atoms. The molecule has 1 saturated carbocycles. The Kier molecular flexibility index (Phi) is 8.34. The van der Waals surface area contributed by atoms with E-state index in [-0.39, 0.29) is 18.8 Å². The van der Waals surface area contributed by atoms with Gasteiger partial charge in [-0.05, 0) is 13.3 Å². The predicted molar refractivity (Wildman–Crippen MR) is 84.9 cm³/mol. The molecule has 10 atom stereocenters. The first kappa shape index (κ1) is 23.9. The number of amidine groups is 1. The summed E-state index contributed by atoms with van der Waals surface area (Å²) in [5, 5.41) is 57.8. The molecule has 27 heavy (non-hydrogen) atoms. The highest BCUT2D eigenvalue weighted by molar-refractivity contribution is 6.33. The van der Waals surface area contributed by atoms with Crippen molar-refractivity contribution in [1.29, 1.82) is 0 Å². The summed E-state index contributed by atoms with van der Waals surface area (Å²) in [4.78, 5) is 14.6. The second kappa shape index (κ2) is 9.41. The lowest BCUT2D eigenvalue weighted by Gasteiger charge is -2.45. The van der Waals surface area contributed by atoms with Gasteiger partial charge in [-0.1, -0.05) is 0 Å². The Bertz CT molecular complexity index is 538. The van der Waals surface area contributed by atoms with Crippen LogP contribution in [0.5, 0.6) is 0 Å². The predicted octanol–water partition coefficient (Wildman–Crippen LogP) is -7.53. The van der Waals surface area contributed by atoms with Crippen LogP contribution in [-0.4, -0.2) is 104 Å². The number of rotatable bonds is 3. The quantitative estimate of drug-likeness (QED) is 0.160. The number of ether oxygens (including phenoxy) is 2. The number of nitrogens with two attached hydrogens (primary N) is 2. The molecule has 2 unspecified atom stereocenters. The molecule has 13 heteroatoms. The third-order valence-corrected chi connectivity index (χ3v) is 4.64. The summed E-state index contributed by atoms with van der Waals surface area (Å²) >= 11 is 0. The highest BCUT2D eigenvalue weighted by atomic mass is 35.5. The van der Waals surface area contributed by atoms with Gasteiger partial charge in [0.15, 0.2) is 6.29 Å². The highest BCUT2D eigenvalue weighted by Gasteiger charge is 2.50. The van der Waals surface area contributed by atoms with E-state index in [4.69, 9.17) is 26.0 Å². The van der Waals surface area contributed by atoms with Crippen LogP contribution in [0.25, 0.3) is 0 Å². The topological polar surface area (TPSA) is 221 Å².